The van der Waals surface area contributed by atoms with E-state index in [1.807, 2.05) is 30.3 Å². The van der Waals surface area contributed by atoms with Crippen molar-refractivity contribution in [3.8, 4) is 22.6 Å². The van der Waals surface area contributed by atoms with Gasteiger partial charge in [0.25, 0.3) is 0 Å². The molecule has 2 aromatic heterocycles. The molecule has 190 valence electrons. The summed E-state index contributed by atoms with van der Waals surface area (Å²) in [5.41, 5.74) is 1.82. The van der Waals surface area contributed by atoms with Crippen LogP contribution >= 0.6 is 11.3 Å². The van der Waals surface area contributed by atoms with Crippen LogP contribution in [0.15, 0.2) is 133 Å². The van der Waals surface area contributed by atoms with E-state index in [1.54, 1.807) is 11.3 Å². The lowest BCUT2D eigenvalue weighted by Crippen LogP contribution is -1.96. The molecule has 0 saturated carbocycles. The molecule has 0 fully saturated rings. The van der Waals surface area contributed by atoms with Crippen LogP contribution in [0.2, 0.25) is 0 Å². The van der Waals surface area contributed by atoms with Crippen LogP contribution in [0.4, 0.5) is 0 Å². The fourth-order valence-corrected chi connectivity index (χ4v) is 7.46. The summed E-state index contributed by atoms with van der Waals surface area (Å²) >= 11 is 1.80. The van der Waals surface area contributed by atoms with Gasteiger partial charge >= 0.3 is 0 Å². The van der Waals surface area contributed by atoms with Crippen molar-refractivity contribution in [3.63, 3.8) is 0 Å². The van der Waals surface area contributed by atoms with Crippen molar-refractivity contribution in [2.24, 2.45) is 0 Å². The Hall–Kier alpha value is -5.12. The second-order valence-corrected chi connectivity index (χ2v) is 11.2. The normalized spacial score (nSPS) is 13.6. The zero-order chi connectivity index (χ0) is 31.3. The molecule has 0 amide bonds. The van der Waals surface area contributed by atoms with Gasteiger partial charge in [-0.2, -0.15) is 0 Å². The molecule has 0 aliphatic rings. The third-order valence-corrected chi connectivity index (χ3v) is 9.14. The smallest absolute Gasteiger partial charge is 0.161 e. The van der Waals surface area contributed by atoms with Crippen LogP contribution in [0, 0.1) is 0 Å². The monoisotopic (exact) mass is 543 g/mol. The molecular weight excluding hydrogens is 516 g/mol. The van der Waals surface area contributed by atoms with Gasteiger partial charge in [-0.3, -0.25) is 0 Å². The van der Waals surface area contributed by atoms with Crippen molar-refractivity contribution >= 4 is 74.7 Å². The highest BCUT2D eigenvalue weighted by atomic mass is 32.1. The Bertz CT molecular complexity index is 2740. The number of para-hydroxylation sites is 1. The van der Waals surface area contributed by atoms with Crippen LogP contribution in [0.5, 0.6) is 0 Å². The van der Waals surface area contributed by atoms with Crippen LogP contribution < -0.4 is 0 Å². The lowest BCUT2D eigenvalue weighted by Gasteiger charge is -2.15. The van der Waals surface area contributed by atoms with E-state index in [0.717, 1.165) is 27.1 Å². The first-order chi connectivity index (χ1) is 22.4. The van der Waals surface area contributed by atoms with E-state index in [2.05, 4.69) is 72.8 Å². The maximum absolute atomic E-state index is 8.76. The van der Waals surface area contributed by atoms with Crippen molar-refractivity contribution in [1.29, 1.82) is 0 Å². The summed E-state index contributed by atoms with van der Waals surface area (Å²) in [4.78, 5) is 10.1. The first-order valence-corrected chi connectivity index (χ1v) is 14.3. The van der Waals surface area contributed by atoms with Gasteiger partial charge in [-0.15, -0.1) is 11.3 Å². The van der Waals surface area contributed by atoms with E-state index < -0.39 is 18.1 Å². The molecule has 0 unspecified atom stereocenters. The first-order valence-electron chi connectivity index (χ1n) is 15.9. The Morgan fingerprint density at radius 3 is 1.98 bits per heavy atom. The summed E-state index contributed by atoms with van der Waals surface area (Å²) in [6.07, 6.45) is 0. The number of benzene rings is 7. The largest absolute Gasteiger partial charge is 0.228 e. The van der Waals surface area contributed by atoms with Crippen molar-refractivity contribution in [2.75, 3.05) is 0 Å². The molecule has 0 spiro atoms. The number of nitrogens with zero attached hydrogens (tertiary/aromatic N) is 2. The van der Waals surface area contributed by atoms with Crippen molar-refractivity contribution in [3.05, 3.63) is 133 Å². The molecule has 9 aromatic rings. The number of thiophene rings is 1. The molecule has 0 N–H and O–H groups in total. The number of rotatable bonds is 2. The first kappa shape index (κ1) is 18.3. The Labute approximate surface area is 247 Å². The number of hydrogen-bond acceptors (Lipinski definition) is 3. The minimum absolute atomic E-state index is 0.0631. The molecule has 41 heavy (non-hydrogen) atoms. The highest BCUT2D eigenvalue weighted by Gasteiger charge is 2.20. The van der Waals surface area contributed by atoms with Gasteiger partial charge in [0.05, 0.1) is 18.1 Å². The number of aromatic nitrogens is 2. The molecule has 0 atom stereocenters. The highest BCUT2D eigenvalue weighted by Crippen LogP contribution is 2.47. The molecular formula is C38H22N2S. The van der Waals surface area contributed by atoms with Crippen LogP contribution in [0.3, 0.4) is 0 Å². The summed E-state index contributed by atoms with van der Waals surface area (Å²) < 4.78 is 44.8. The van der Waals surface area contributed by atoms with Crippen LogP contribution in [0.25, 0.3) is 86.0 Å². The molecule has 0 bridgehead atoms. The minimum atomic E-state index is -0.433. The fraction of sp³-hybridized carbons (Fsp3) is 0. The fourth-order valence-electron chi connectivity index (χ4n) is 6.21. The van der Waals surface area contributed by atoms with Gasteiger partial charge in [-0.25, -0.2) is 9.97 Å². The van der Waals surface area contributed by atoms with E-state index in [9.17, 15) is 0 Å². The summed E-state index contributed by atoms with van der Waals surface area (Å²) in [6.45, 7) is 0. The van der Waals surface area contributed by atoms with Gasteiger partial charge in [-0.1, -0.05) is 115 Å². The van der Waals surface area contributed by atoms with Crippen LogP contribution in [-0.2, 0) is 0 Å². The van der Waals surface area contributed by atoms with Crippen LogP contribution in [0.1, 0.15) is 6.85 Å². The van der Waals surface area contributed by atoms with E-state index in [-0.39, 0.29) is 17.6 Å². The Morgan fingerprint density at radius 1 is 0.537 bits per heavy atom. The summed E-state index contributed by atoms with van der Waals surface area (Å²) in [5.74, 6) is 0.430. The second-order valence-electron chi connectivity index (χ2n) is 10.2. The SMILES string of the molecule is [2H]c1c([2H])c([2H])c(-c2nc(-c3cc4c(c5ccccc35)c3ccccc3c3sc5ccccc5c43)nc3ccccc23)c([2H])c1[2H]. The lowest BCUT2D eigenvalue weighted by molar-refractivity contribution is 1.24. The van der Waals surface area contributed by atoms with Gasteiger partial charge < -0.3 is 0 Å². The average molecular weight is 544 g/mol. The standard InChI is InChI=1S/C38H22N2S/c1-2-12-23(13-3-1)36-28-18-8-10-20-32(28)39-38(40-36)30-22-31-34(25-15-5-4-14-24(25)30)26-16-6-7-17-27(26)37-35(31)29-19-9-11-21-33(29)41-37/h1-22H/i1D,2D,3D,12D,13D. The molecule has 0 aliphatic carbocycles. The molecule has 2 nitrogen and oxygen atoms in total. The maximum Gasteiger partial charge on any atom is 0.161 e. The Morgan fingerprint density at radius 2 is 1.17 bits per heavy atom. The van der Waals surface area contributed by atoms with E-state index in [4.69, 9.17) is 16.8 Å². The lowest BCUT2D eigenvalue weighted by atomic mass is 9.90. The highest BCUT2D eigenvalue weighted by molar-refractivity contribution is 7.27. The molecule has 0 aliphatic heterocycles. The zero-order valence-electron chi connectivity index (χ0n) is 26.6. The third kappa shape index (κ3) is 3.30. The Balaban J connectivity index is 1.48. The van der Waals surface area contributed by atoms with Gasteiger partial charge in [0.2, 0.25) is 0 Å². The average Bonchev–Trinajstić information content (AvgIpc) is 3.49. The van der Waals surface area contributed by atoms with Gasteiger partial charge in [0.15, 0.2) is 5.82 Å². The van der Waals surface area contributed by atoms with Crippen molar-refractivity contribution in [2.45, 2.75) is 0 Å². The maximum atomic E-state index is 8.76. The summed E-state index contributed by atoms with van der Waals surface area (Å²) in [7, 11) is 0. The third-order valence-electron chi connectivity index (χ3n) is 7.93. The number of fused-ring (bicyclic) bond motifs is 11. The van der Waals surface area contributed by atoms with Gasteiger partial charge in [0, 0.05) is 42.1 Å². The molecule has 0 radical (unpaired) electrons. The van der Waals surface area contributed by atoms with E-state index >= 15 is 0 Å². The van der Waals surface area contributed by atoms with Crippen LogP contribution in [-0.4, -0.2) is 9.97 Å². The predicted molar refractivity (Wildman–Crippen MR) is 176 cm³/mol. The molecule has 9 rings (SSSR count). The van der Waals surface area contributed by atoms with Gasteiger partial charge in [0.1, 0.15) is 0 Å². The van der Waals surface area contributed by atoms with E-state index in [1.165, 1.54) is 30.9 Å². The predicted octanol–water partition coefficient (Wildman–Crippen LogP) is 10.8. The molecule has 7 aromatic carbocycles. The quantitative estimate of drug-likeness (QED) is 0.203. The summed E-state index contributed by atoms with van der Waals surface area (Å²) in [5, 5.41) is 9.70. The zero-order valence-corrected chi connectivity index (χ0v) is 22.4. The van der Waals surface area contributed by atoms with Gasteiger partial charge in [-0.05, 0) is 45.1 Å². The number of hydrogen-bond donors (Lipinski definition) is 0. The molecule has 3 heteroatoms. The van der Waals surface area contributed by atoms with Crippen molar-refractivity contribution in [1.82, 2.24) is 9.97 Å². The minimum Gasteiger partial charge on any atom is -0.228 e. The second kappa shape index (κ2) is 8.69. The Kier molecular flexibility index (Phi) is 3.87. The molecule has 2 heterocycles. The van der Waals surface area contributed by atoms with Crippen molar-refractivity contribution < 1.29 is 6.85 Å². The molecule has 0 saturated heterocycles. The topological polar surface area (TPSA) is 25.8 Å². The van der Waals surface area contributed by atoms with E-state index in [0.29, 0.717) is 22.4 Å². The summed E-state index contributed by atoms with van der Waals surface area (Å²) in [6, 6.07) is 33.2.